The standard InChI is InChI=1S/C21H24N4O3/c1-3-18(25-12-17(14(2)26)16-6-4-5-7-19(16)25)21(27)24-10-8-15(9-11-24)20-22-13-28-23-20/h4-7,12-13,15,18H,3,8-11H2,1-2H3/t18-/m1/s1. The first-order valence-electron chi connectivity index (χ1n) is 9.75. The number of amides is 1. The second-order valence-electron chi connectivity index (χ2n) is 7.34. The number of rotatable bonds is 5. The van der Waals surface area contributed by atoms with E-state index < -0.39 is 0 Å². The number of Topliss-reactive ketones (excluding diaryl/α,β-unsaturated/α-hetero) is 1. The maximum absolute atomic E-state index is 13.3. The van der Waals surface area contributed by atoms with Crippen LogP contribution >= 0.6 is 0 Å². The van der Waals surface area contributed by atoms with E-state index in [1.165, 1.54) is 6.39 Å². The molecule has 0 unspecified atom stereocenters. The smallest absolute Gasteiger partial charge is 0.245 e. The summed E-state index contributed by atoms with van der Waals surface area (Å²) in [5, 5.41) is 4.84. The molecule has 1 saturated heterocycles. The monoisotopic (exact) mass is 380 g/mol. The summed E-state index contributed by atoms with van der Waals surface area (Å²) in [5.74, 6) is 1.07. The highest BCUT2D eigenvalue weighted by Crippen LogP contribution is 2.30. The van der Waals surface area contributed by atoms with Gasteiger partial charge in [0.2, 0.25) is 12.3 Å². The largest absolute Gasteiger partial charge is 0.343 e. The van der Waals surface area contributed by atoms with Gasteiger partial charge in [-0.15, -0.1) is 0 Å². The Hall–Kier alpha value is -2.96. The molecule has 3 aromatic rings. The fourth-order valence-corrected chi connectivity index (χ4v) is 4.16. The molecule has 0 aliphatic carbocycles. The first-order chi connectivity index (χ1) is 13.6. The molecule has 146 valence electrons. The van der Waals surface area contributed by atoms with Crippen LogP contribution in [0.1, 0.15) is 61.3 Å². The highest BCUT2D eigenvalue weighted by atomic mass is 16.5. The lowest BCUT2D eigenvalue weighted by atomic mass is 9.95. The van der Waals surface area contributed by atoms with Gasteiger partial charge in [-0.05, 0) is 32.3 Å². The van der Waals surface area contributed by atoms with E-state index in [9.17, 15) is 9.59 Å². The van der Waals surface area contributed by atoms with Crippen molar-refractivity contribution in [3.05, 3.63) is 48.2 Å². The van der Waals surface area contributed by atoms with Gasteiger partial charge >= 0.3 is 0 Å². The van der Waals surface area contributed by atoms with Crippen LogP contribution in [0.4, 0.5) is 0 Å². The molecule has 2 aromatic heterocycles. The van der Waals surface area contributed by atoms with E-state index >= 15 is 0 Å². The molecule has 7 nitrogen and oxygen atoms in total. The average Bonchev–Trinajstić information content (AvgIpc) is 3.37. The highest BCUT2D eigenvalue weighted by molar-refractivity contribution is 6.07. The highest BCUT2D eigenvalue weighted by Gasteiger charge is 2.31. The number of fused-ring (bicyclic) bond motifs is 1. The number of nitrogens with zero attached hydrogens (tertiary/aromatic N) is 4. The number of carbonyl (C=O) groups excluding carboxylic acids is 2. The van der Waals surface area contributed by atoms with Gasteiger partial charge in [-0.3, -0.25) is 9.59 Å². The minimum atomic E-state index is -0.320. The molecule has 3 heterocycles. The van der Waals surface area contributed by atoms with Crippen LogP contribution in [-0.2, 0) is 4.79 Å². The van der Waals surface area contributed by atoms with E-state index in [0.29, 0.717) is 25.1 Å². The molecule has 1 fully saturated rings. The molecule has 1 aliphatic rings. The predicted molar refractivity (Wildman–Crippen MR) is 104 cm³/mol. The molecule has 1 aromatic carbocycles. The van der Waals surface area contributed by atoms with E-state index in [2.05, 4.69) is 10.1 Å². The molecule has 0 saturated carbocycles. The van der Waals surface area contributed by atoms with Crippen molar-refractivity contribution in [1.29, 1.82) is 0 Å². The summed E-state index contributed by atoms with van der Waals surface area (Å²) in [7, 11) is 0. The van der Waals surface area contributed by atoms with Gasteiger partial charge in [0.15, 0.2) is 11.6 Å². The van der Waals surface area contributed by atoms with Crippen LogP contribution in [0, 0.1) is 0 Å². The zero-order valence-electron chi connectivity index (χ0n) is 16.2. The Morgan fingerprint density at radius 2 is 2.00 bits per heavy atom. The molecule has 7 heteroatoms. The number of carbonyl (C=O) groups is 2. The van der Waals surface area contributed by atoms with Gasteiger partial charge in [-0.1, -0.05) is 30.3 Å². The molecule has 4 rings (SSSR count). The Labute approximate surface area is 163 Å². The van der Waals surface area contributed by atoms with Crippen LogP contribution < -0.4 is 0 Å². The van der Waals surface area contributed by atoms with Gasteiger partial charge in [0.05, 0.1) is 0 Å². The van der Waals surface area contributed by atoms with E-state index in [0.717, 1.165) is 29.6 Å². The van der Waals surface area contributed by atoms with Crippen molar-refractivity contribution in [2.75, 3.05) is 13.1 Å². The van der Waals surface area contributed by atoms with E-state index in [4.69, 9.17) is 4.52 Å². The lowest BCUT2D eigenvalue weighted by Crippen LogP contribution is -2.42. The minimum Gasteiger partial charge on any atom is -0.343 e. The molecule has 0 bridgehead atoms. The fraction of sp³-hybridized carbons (Fsp3) is 0.429. The number of ketones is 1. The van der Waals surface area contributed by atoms with Crippen molar-refractivity contribution < 1.29 is 14.1 Å². The lowest BCUT2D eigenvalue weighted by Gasteiger charge is -2.33. The topological polar surface area (TPSA) is 81.2 Å². The Kier molecular flexibility index (Phi) is 4.98. The zero-order valence-corrected chi connectivity index (χ0v) is 16.2. The van der Waals surface area contributed by atoms with Gasteiger partial charge in [0.1, 0.15) is 6.04 Å². The molecule has 1 atom stereocenters. The molecule has 0 N–H and O–H groups in total. The number of para-hydroxylation sites is 1. The Balaban J connectivity index is 1.57. The van der Waals surface area contributed by atoms with Crippen LogP contribution in [0.5, 0.6) is 0 Å². The maximum atomic E-state index is 13.3. The molecule has 1 amide bonds. The van der Waals surface area contributed by atoms with Crippen molar-refractivity contribution in [3.63, 3.8) is 0 Å². The first-order valence-corrected chi connectivity index (χ1v) is 9.75. The summed E-state index contributed by atoms with van der Waals surface area (Å²) in [6, 6.07) is 7.46. The number of hydrogen-bond acceptors (Lipinski definition) is 5. The average molecular weight is 380 g/mol. The van der Waals surface area contributed by atoms with E-state index in [1.54, 1.807) is 6.92 Å². The number of piperidine rings is 1. The van der Waals surface area contributed by atoms with Crippen molar-refractivity contribution in [1.82, 2.24) is 19.6 Å². The van der Waals surface area contributed by atoms with Gasteiger partial charge in [-0.25, -0.2) is 0 Å². The maximum Gasteiger partial charge on any atom is 0.245 e. The van der Waals surface area contributed by atoms with E-state index in [1.807, 2.05) is 46.9 Å². The minimum absolute atomic E-state index is 0.0122. The number of aromatic nitrogens is 3. The van der Waals surface area contributed by atoms with Gasteiger partial charge in [0, 0.05) is 41.7 Å². The SMILES string of the molecule is CC[C@H](C(=O)N1CCC(c2ncon2)CC1)n1cc(C(C)=O)c2ccccc21. The summed E-state index contributed by atoms with van der Waals surface area (Å²) < 4.78 is 6.82. The third-order valence-electron chi connectivity index (χ3n) is 5.68. The Morgan fingerprint density at radius 1 is 1.25 bits per heavy atom. The Bertz CT molecular complexity index is 984. The second kappa shape index (κ2) is 7.58. The first kappa shape index (κ1) is 18.4. The fourth-order valence-electron chi connectivity index (χ4n) is 4.16. The third-order valence-corrected chi connectivity index (χ3v) is 5.68. The van der Waals surface area contributed by atoms with Crippen LogP contribution in [-0.4, -0.2) is 44.4 Å². The molecule has 0 radical (unpaired) electrons. The molecule has 1 aliphatic heterocycles. The predicted octanol–water partition coefficient (Wildman–Crippen LogP) is 3.58. The van der Waals surface area contributed by atoms with Crippen LogP contribution in [0.2, 0.25) is 0 Å². The zero-order chi connectivity index (χ0) is 19.7. The summed E-state index contributed by atoms with van der Waals surface area (Å²) in [4.78, 5) is 31.5. The lowest BCUT2D eigenvalue weighted by molar-refractivity contribution is -0.135. The molecular weight excluding hydrogens is 356 g/mol. The number of benzene rings is 1. The number of hydrogen-bond donors (Lipinski definition) is 0. The normalized spacial score (nSPS) is 16.4. The quantitative estimate of drug-likeness (QED) is 0.632. The van der Waals surface area contributed by atoms with Gasteiger partial charge in [-0.2, -0.15) is 4.98 Å². The Morgan fingerprint density at radius 3 is 2.64 bits per heavy atom. The molecule has 0 spiro atoms. The van der Waals surface area contributed by atoms with Crippen LogP contribution in [0.3, 0.4) is 0 Å². The van der Waals surface area contributed by atoms with Crippen molar-refractivity contribution >= 4 is 22.6 Å². The van der Waals surface area contributed by atoms with Crippen molar-refractivity contribution in [3.8, 4) is 0 Å². The number of likely N-dealkylation sites (tertiary alicyclic amines) is 1. The summed E-state index contributed by atoms with van der Waals surface area (Å²) in [6.45, 7) is 4.93. The van der Waals surface area contributed by atoms with Crippen molar-refractivity contribution in [2.45, 2.75) is 45.1 Å². The van der Waals surface area contributed by atoms with Crippen LogP contribution in [0.15, 0.2) is 41.4 Å². The van der Waals surface area contributed by atoms with Crippen LogP contribution in [0.25, 0.3) is 10.9 Å². The summed E-state index contributed by atoms with van der Waals surface area (Å²) >= 11 is 0. The van der Waals surface area contributed by atoms with Crippen molar-refractivity contribution in [2.24, 2.45) is 0 Å². The second-order valence-corrected chi connectivity index (χ2v) is 7.34. The third kappa shape index (κ3) is 3.21. The molecule has 28 heavy (non-hydrogen) atoms. The van der Waals surface area contributed by atoms with E-state index in [-0.39, 0.29) is 23.7 Å². The summed E-state index contributed by atoms with van der Waals surface area (Å²) in [5.41, 5.74) is 1.59. The molecular formula is C21H24N4O3. The summed E-state index contributed by atoms with van der Waals surface area (Å²) in [6.07, 6.45) is 5.51. The van der Waals surface area contributed by atoms with Gasteiger partial charge in [0.25, 0.3) is 0 Å². The van der Waals surface area contributed by atoms with Gasteiger partial charge < -0.3 is 14.0 Å².